The Balaban J connectivity index is 1.34. The average Bonchev–Trinajstić information content (AvgIpc) is 3.29. The summed E-state index contributed by atoms with van der Waals surface area (Å²) in [6.07, 6.45) is 8.95. The van der Waals surface area contributed by atoms with Crippen molar-refractivity contribution in [2.45, 2.75) is 49.5 Å². The zero-order valence-corrected chi connectivity index (χ0v) is 17.2. The second-order valence-electron chi connectivity index (χ2n) is 8.19. The standard InChI is InChI=1S/C20H30N4O3S/c25-20(22-10-1-2-11-22)17-5-4-12-23(16-17)18-7-13-24(14-8-18)28(26,27)19-6-3-9-21-15-19/h3,6,9,15,17-18H,1-2,4-5,7-8,10-14,16H2/t17-/m1/s1. The van der Waals surface area contributed by atoms with Gasteiger partial charge in [-0.1, -0.05) is 0 Å². The molecule has 4 rings (SSSR count). The van der Waals surface area contributed by atoms with Crippen LogP contribution < -0.4 is 0 Å². The summed E-state index contributed by atoms with van der Waals surface area (Å²) in [6.45, 7) is 4.74. The molecule has 0 spiro atoms. The minimum Gasteiger partial charge on any atom is -0.342 e. The fourth-order valence-corrected chi connectivity index (χ4v) is 6.27. The van der Waals surface area contributed by atoms with Gasteiger partial charge in [-0.2, -0.15) is 4.31 Å². The van der Waals surface area contributed by atoms with Gasteiger partial charge in [0.25, 0.3) is 0 Å². The van der Waals surface area contributed by atoms with Crippen molar-refractivity contribution >= 4 is 15.9 Å². The van der Waals surface area contributed by atoms with Crippen molar-refractivity contribution < 1.29 is 13.2 Å². The van der Waals surface area contributed by atoms with Crippen molar-refractivity contribution in [3.63, 3.8) is 0 Å². The van der Waals surface area contributed by atoms with Crippen molar-refractivity contribution in [2.24, 2.45) is 5.92 Å². The molecule has 0 radical (unpaired) electrons. The number of rotatable bonds is 4. The lowest BCUT2D eigenvalue weighted by Gasteiger charge is -2.42. The molecule has 8 heteroatoms. The SMILES string of the molecule is O=C([C@@H]1CCCN(C2CCN(S(=O)(=O)c3cccnc3)CC2)C1)N1CCCC1. The Morgan fingerprint density at radius 3 is 2.43 bits per heavy atom. The van der Waals surface area contributed by atoms with Crippen LogP contribution in [-0.2, 0) is 14.8 Å². The highest BCUT2D eigenvalue weighted by Crippen LogP contribution is 2.28. The highest BCUT2D eigenvalue weighted by molar-refractivity contribution is 7.89. The summed E-state index contributed by atoms with van der Waals surface area (Å²) in [5, 5.41) is 0. The molecule has 1 aromatic heterocycles. The number of carbonyl (C=O) groups is 1. The molecule has 4 heterocycles. The van der Waals surface area contributed by atoms with E-state index in [0.717, 1.165) is 64.7 Å². The van der Waals surface area contributed by atoms with Crippen molar-refractivity contribution in [1.29, 1.82) is 0 Å². The van der Waals surface area contributed by atoms with Crippen LogP contribution in [-0.4, -0.2) is 78.7 Å². The Kier molecular flexibility index (Phi) is 5.99. The van der Waals surface area contributed by atoms with Gasteiger partial charge in [-0.15, -0.1) is 0 Å². The third-order valence-corrected chi connectivity index (χ3v) is 8.31. The van der Waals surface area contributed by atoms with Gasteiger partial charge in [-0.3, -0.25) is 14.7 Å². The quantitative estimate of drug-likeness (QED) is 0.759. The number of carbonyl (C=O) groups excluding carboxylic acids is 1. The maximum absolute atomic E-state index is 12.8. The Bertz CT molecular complexity index is 772. The summed E-state index contributed by atoms with van der Waals surface area (Å²) in [5.74, 6) is 0.447. The second-order valence-corrected chi connectivity index (χ2v) is 10.1. The highest BCUT2D eigenvalue weighted by Gasteiger charge is 2.36. The predicted molar refractivity (Wildman–Crippen MR) is 106 cm³/mol. The first-order valence-corrected chi connectivity index (χ1v) is 11.9. The van der Waals surface area contributed by atoms with Crippen molar-refractivity contribution in [3.8, 4) is 0 Å². The fraction of sp³-hybridized carbons (Fsp3) is 0.700. The molecule has 3 fully saturated rings. The summed E-state index contributed by atoms with van der Waals surface area (Å²) in [4.78, 5) is 21.5. The topological polar surface area (TPSA) is 73.8 Å². The van der Waals surface area contributed by atoms with Crippen LogP contribution in [0.2, 0.25) is 0 Å². The normalized spacial score (nSPS) is 25.9. The first-order chi connectivity index (χ1) is 13.6. The van der Waals surface area contributed by atoms with Gasteiger partial charge in [0.15, 0.2) is 0 Å². The van der Waals surface area contributed by atoms with E-state index in [9.17, 15) is 13.2 Å². The van der Waals surface area contributed by atoms with Crippen LogP contribution in [0.1, 0.15) is 38.5 Å². The van der Waals surface area contributed by atoms with Gasteiger partial charge < -0.3 is 4.90 Å². The molecule has 1 atom stereocenters. The van der Waals surface area contributed by atoms with Crippen LogP contribution in [0.4, 0.5) is 0 Å². The average molecular weight is 407 g/mol. The minimum absolute atomic E-state index is 0.115. The number of likely N-dealkylation sites (tertiary alicyclic amines) is 2. The maximum atomic E-state index is 12.8. The van der Waals surface area contributed by atoms with Gasteiger partial charge in [0.1, 0.15) is 4.90 Å². The molecule has 7 nitrogen and oxygen atoms in total. The van der Waals surface area contributed by atoms with E-state index in [0.29, 0.717) is 25.0 Å². The Morgan fingerprint density at radius 1 is 1.00 bits per heavy atom. The van der Waals surface area contributed by atoms with Crippen molar-refractivity contribution in [2.75, 3.05) is 39.3 Å². The van der Waals surface area contributed by atoms with Crippen LogP contribution in [0.3, 0.4) is 0 Å². The number of hydrogen-bond acceptors (Lipinski definition) is 5. The van der Waals surface area contributed by atoms with Crippen LogP contribution in [0, 0.1) is 5.92 Å². The van der Waals surface area contributed by atoms with E-state index in [1.54, 1.807) is 22.6 Å². The van der Waals surface area contributed by atoms with Gasteiger partial charge in [0, 0.05) is 51.2 Å². The molecule has 1 aromatic rings. The number of pyridine rings is 1. The molecule has 154 valence electrons. The Morgan fingerprint density at radius 2 is 1.75 bits per heavy atom. The van der Waals surface area contributed by atoms with E-state index in [4.69, 9.17) is 0 Å². The van der Waals surface area contributed by atoms with Crippen LogP contribution in [0.5, 0.6) is 0 Å². The van der Waals surface area contributed by atoms with E-state index in [1.807, 2.05) is 4.90 Å². The number of piperidine rings is 2. The van der Waals surface area contributed by atoms with Gasteiger partial charge in [0.2, 0.25) is 15.9 Å². The third kappa shape index (κ3) is 4.09. The second kappa shape index (κ2) is 8.47. The lowest BCUT2D eigenvalue weighted by Crippen LogP contribution is -2.51. The van der Waals surface area contributed by atoms with E-state index >= 15 is 0 Å². The highest BCUT2D eigenvalue weighted by atomic mass is 32.2. The van der Waals surface area contributed by atoms with E-state index in [-0.39, 0.29) is 10.8 Å². The number of hydrogen-bond donors (Lipinski definition) is 0. The molecular formula is C20H30N4O3S. The molecule has 28 heavy (non-hydrogen) atoms. The number of amides is 1. The fourth-order valence-electron chi connectivity index (χ4n) is 4.83. The molecule has 0 unspecified atom stereocenters. The smallest absolute Gasteiger partial charge is 0.244 e. The maximum Gasteiger partial charge on any atom is 0.244 e. The molecule has 0 bridgehead atoms. The molecule has 3 saturated heterocycles. The number of sulfonamides is 1. The molecule has 0 aromatic carbocycles. The van der Waals surface area contributed by atoms with Gasteiger partial charge in [0.05, 0.1) is 5.92 Å². The van der Waals surface area contributed by atoms with E-state index in [1.165, 1.54) is 6.20 Å². The lowest BCUT2D eigenvalue weighted by molar-refractivity contribution is -0.136. The van der Waals surface area contributed by atoms with Gasteiger partial charge >= 0.3 is 0 Å². The van der Waals surface area contributed by atoms with Crippen LogP contribution >= 0.6 is 0 Å². The number of aromatic nitrogens is 1. The van der Waals surface area contributed by atoms with Crippen molar-refractivity contribution in [3.05, 3.63) is 24.5 Å². The Hall–Kier alpha value is -1.51. The summed E-state index contributed by atoms with van der Waals surface area (Å²) in [5.41, 5.74) is 0. The van der Waals surface area contributed by atoms with E-state index < -0.39 is 10.0 Å². The zero-order valence-electron chi connectivity index (χ0n) is 16.4. The third-order valence-electron chi connectivity index (χ3n) is 6.43. The Labute approximate surface area is 167 Å². The summed E-state index contributed by atoms with van der Waals surface area (Å²) >= 11 is 0. The molecule has 3 aliphatic rings. The monoisotopic (exact) mass is 406 g/mol. The van der Waals surface area contributed by atoms with E-state index in [2.05, 4.69) is 9.88 Å². The molecule has 3 aliphatic heterocycles. The van der Waals surface area contributed by atoms with Crippen molar-refractivity contribution in [1.82, 2.24) is 19.1 Å². The molecule has 0 aliphatic carbocycles. The van der Waals surface area contributed by atoms with Gasteiger partial charge in [-0.05, 0) is 57.2 Å². The first kappa shape index (κ1) is 19.8. The first-order valence-electron chi connectivity index (χ1n) is 10.5. The largest absolute Gasteiger partial charge is 0.342 e. The predicted octanol–water partition coefficient (Wildman–Crippen LogP) is 1.57. The zero-order chi connectivity index (χ0) is 19.6. The molecule has 0 saturated carbocycles. The molecule has 0 N–H and O–H groups in total. The van der Waals surface area contributed by atoms with Crippen LogP contribution in [0.15, 0.2) is 29.4 Å². The van der Waals surface area contributed by atoms with Gasteiger partial charge in [-0.25, -0.2) is 8.42 Å². The lowest BCUT2D eigenvalue weighted by atomic mass is 9.93. The molecular weight excluding hydrogens is 376 g/mol. The van der Waals surface area contributed by atoms with Crippen LogP contribution in [0.25, 0.3) is 0 Å². The number of nitrogens with zero attached hydrogens (tertiary/aromatic N) is 4. The molecule has 1 amide bonds. The minimum atomic E-state index is -3.46. The summed E-state index contributed by atoms with van der Waals surface area (Å²) in [6, 6.07) is 3.63. The summed E-state index contributed by atoms with van der Waals surface area (Å²) < 4.78 is 27.1. The summed E-state index contributed by atoms with van der Waals surface area (Å²) in [7, 11) is -3.46.